The van der Waals surface area contributed by atoms with Crippen LogP contribution in [0.15, 0.2) is 30.3 Å². The van der Waals surface area contributed by atoms with E-state index >= 15 is 0 Å². The van der Waals surface area contributed by atoms with Crippen molar-refractivity contribution in [3.05, 3.63) is 46.3 Å². The number of rotatable bonds is 2. The Morgan fingerprint density at radius 3 is 2.62 bits per heavy atom. The van der Waals surface area contributed by atoms with Crippen molar-refractivity contribution in [1.82, 2.24) is 24.6 Å². The quantitative estimate of drug-likeness (QED) is 0.506. The molecular weight excluding hydrogens is 349 g/mol. The van der Waals surface area contributed by atoms with Crippen LogP contribution in [-0.2, 0) is 0 Å². The molecule has 0 saturated carbocycles. The number of nitrogens with zero attached hydrogens (tertiary/aromatic N) is 5. The van der Waals surface area contributed by atoms with E-state index in [1.165, 1.54) is 10.6 Å². The maximum absolute atomic E-state index is 6.16. The summed E-state index contributed by atoms with van der Waals surface area (Å²) in [6.45, 7) is 1.89. The van der Waals surface area contributed by atoms with Gasteiger partial charge in [-0.25, -0.2) is 19.5 Å². The minimum atomic E-state index is 0.310. The second kappa shape index (κ2) is 5.58. The van der Waals surface area contributed by atoms with Gasteiger partial charge in [0.05, 0.1) is 23.8 Å². The van der Waals surface area contributed by atoms with Gasteiger partial charge < -0.3 is 4.74 Å². The summed E-state index contributed by atoms with van der Waals surface area (Å²) in [6, 6.07) is 8.88. The molecule has 3 aromatic heterocycles. The Balaban J connectivity index is 1.95. The molecule has 8 heteroatoms. The van der Waals surface area contributed by atoms with Crippen molar-refractivity contribution < 1.29 is 4.74 Å². The van der Waals surface area contributed by atoms with E-state index in [4.69, 9.17) is 27.9 Å². The second-order valence-electron chi connectivity index (χ2n) is 5.21. The molecular formula is C16H11Cl2N5O. The normalized spacial score (nSPS) is 11.3. The minimum absolute atomic E-state index is 0.310. The molecule has 0 spiro atoms. The third-order valence-electron chi connectivity index (χ3n) is 3.64. The fourth-order valence-corrected chi connectivity index (χ4v) is 2.99. The summed E-state index contributed by atoms with van der Waals surface area (Å²) in [4.78, 5) is 13.5. The lowest BCUT2D eigenvalue weighted by atomic mass is 10.2. The van der Waals surface area contributed by atoms with Gasteiger partial charge in [-0.3, -0.25) is 0 Å². The standard InChI is InChI=1S/C16H11Cl2N5O/c1-8-16(20-11-5-9(24-2)3-4-10(11)19-8)12-6-15-21-13(17)7-14(18)23(15)22-12/h3-7H,1-2H3. The van der Waals surface area contributed by atoms with Crippen LogP contribution < -0.4 is 4.74 Å². The Kier molecular flexibility index (Phi) is 3.51. The van der Waals surface area contributed by atoms with Crippen molar-refractivity contribution in [1.29, 1.82) is 0 Å². The topological polar surface area (TPSA) is 65.2 Å². The molecule has 3 heterocycles. The van der Waals surface area contributed by atoms with Gasteiger partial charge in [0.2, 0.25) is 0 Å². The van der Waals surface area contributed by atoms with Crippen molar-refractivity contribution in [2.24, 2.45) is 0 Å². The minimum Gasteiger partial charge on any atom is -0.497 e. The first kappa shape index (κ1) is 15.1. The molecule has 24 heavy (non-hydrogen) atoms. The molecule has 1 aromatic carbocycles. The van der Waals surface area contributed by atoms with E-state index in [-0.39, 0.29) is 0 Å². The van der Waals surface area contributed by atoms with Crippen LogP contribution in [0.2, 0.25) is 10.3 Å². The molecule has 0 bridgehead atoms. The average molecular weight is 360 g/mol. The summed E-state index contributed by atoms with van der Waals surface area (Å²) in [6.07, 6.45) is 0. The van der Waals surface area contributed by atoms with E-state index in [0.29, 0.717) is 27.3 Å². The lowest BCUT2D eigenvalue weighted by Crippen LogP contribution is -1.96. The first-order valence-corrected chi connectivity index (χ1v) is 7.85. The third kappa shape index (κ3) is 2.44. The van der Waals surface area contributed by atoms with Crippen molar-refractivity contribution in [3.63, 3.8) is 0 Å². The fourth-order valence-electron chi connectivity index (χ4n) is 2.52. The molecule has 4 aromatic rings. The highest BCUT2D eigenvalue weighted by Crippen LogP contribution is 2.26. The number of fused-ring (bicyclic) bond motifs is 2. The zero-order valence-corrected chi connectivity index (χ0v) is 14.3. The van der Waals surface area contributed by atoms with E-state index in [1.807, 2.05) is 25.1 Å². The third-order valence-corrected chi connectivity index (χ3v) is 4.10. The van der Waals surface area contributed by atoms with Crippen LogP contribution in [0.4, 0.5) is 0 Å². The van der Waals surface area contributed by atoms with Gasteiger partial charge in [0.1, 0.15) is 27.4 Å². The van der Waals surface area contributed by atoms with E-state index in [2.05, 4.69) is 20.1 Å². The summed E-state index contributed by atoms with van der Waals surface area (Å²) in [5, 5.41) is 5.15. The number of hydrogen-bond donors (Lipinski definition) is 0. The maximum Gasteiger partial charge on any atom is 0.159 e. The van der Waals surface area contributed by atoms with Crippen LogP contribution in [0.25, 0.3) is 28.1 Å². The highest BCUT2D eigenvalue weighted by atomic mass is 35.5. The molecule has 0 radical (unpaired) electrons. The fraction of sp³-hybridized carbons (Fsp3) is 0.125. The molecule has 0 aliphatic heterocycles. The van der Waals surface area contributed by atoms with Gasteiger partial charge in [-0.15, -0.1) is 0 Å². The number of hydrogen-bond acceptors (Lipinski definition) is 5. The monoisotopic (exact) mass is 359 g/mol. The summed E-state index contributed by atoms with van der Waals surface area (Å²) in [5.41, 5.74) is 4.12. The summed E-state index contributed by atoms with van der Waals surface area (Å²) in [5.74, 6) is 0.720. The Bertz CT molecular complexity index is 1090. The van der Waals surface area contributed by atoms with Gasteiger partial charge in [0.25, 0.3) is 0 Å². The van der Waals surface area contributed by atoms with Gasteiger partial charge in [-0.2, -0.15) is 5.10 Å². The SMILES string of the molecule is COc1ccc2nc(C)c(-c3cc4nc(Cl)cc(Cl)n4n3)nc2c1. The van der Waals surface area contributed by atoms with E-state index < -0.39 is 0 Å². The van der Waals surface area contributed by atoms with Crippen LogP contribution in [0, 0.1) is 6.92 Å². The van der Waals surface area contributed by atoms with Gasteiger partial charge in [-0.1, -0.05) is 23.2 Å². The summed E-state index contributed by atoms with van der Waals surface area (Å²) < 4.78 is 6.76. The number of benzene rings is 1. The molecule has 0 aliphatic carbocycles. The average Bonchev–Trinajstić information content (AvgIpc) is 2.97. The Morgan fingerprint density at radius 2 is 1.83 bits per heavy atom. The Labute approximate surface area is 147 Å². The van der Waals surface area contributed by atoms with Crippen molar-refractivity contribution >= 4 is 39.9 Å². The van der Waals surface area contributed by atoms with Crippen LogP contribution >= 0.6 is 23.2 Å². The molecule has 0 fully saturated rings. The lowest BCUT2D eigenvalue weighted by Gasteiger charge is -2.05. The van der Waals surface area contributed by atoms with Gasteiger partial charge in [-0.05, 0) is 19.1 Å². The zero-order chi connectivity index (χ0) is 16.8. The van der Waals surface area contributed by atoms with E-state index in [1.54, 1.807) is 13.2 Å². The number of ether oxygens (including phenoxy) is 1. The van der Waals surface area contributed by atoms with Gasteiger partial charge in [0.15, 0.2) is 5.65 Å². The first-order valence-electron chi connectivity index (χ1n) is 7.10. The molecule has 4 rings (SSSR count). The molecule has 0 N–H and O–H groups in total. The van der Waals surface area contributed by atoms with Crippen LogP contribution in [0.3, 0.4) is 0 Å². The largest absolute Gasteiger partial charge is 0.497 e. The smallest absolute Gasteiger partial charge is 0.159 e. The Hall–Kier alpha value is -2.44. The molecule has 120 valence electrons. The van der Waals surface area contributed by atoms with E-state index in [9.17, 15) is 0 Å². The molecule has 0 unspecified atom stereocenters. The number of halogens is 2. The number of aromatic nitrogens is 5. The second-order valence-corrected chi connectivity index (χ2v) is 5.99. The van der Waals surface area contributed by atoms with Crippen LogP contribution in [-0.4, -0.2) is 31.7 Å². The predicted octanol–water partition coefficient (Wildman–Crippen LogP) is 3.96. The molecule has 0 saturated heterocycles. The number of aryl methyl sites for hydroxylation is 1. The molecule has 0 atom stereocenters. The van der Waals surface area contributed by atoms with Crippen molar-refractivity contribution in [2.45, 2.75) is 6.92 Å². The zero-order valence-electron chi connectivity index (χ0n) is 12.8. The predicted molar refractivity (Wildman–Crippen MR) is 92.8 cm³/mol. The summed E-state index contributed by atoms with van der Waals surface area (Å²) in [7, 11) is 1.61. The Morgan fingerprint density at radius 1 is 1.00 bits per heavy atom. The van der Waals surface area contributed by atoms with Crippen LogP contribution in [0.5, 0.6) is 5.75 Å². The van der Waals surface area contributed by atoms with E-state index in [0.717, 1.165) is 22.5 Å². The van der Waals surface area contributed by atoms with Gasteiger partial charge >= 0.3 is 0 Å². The first-order chi connectivity index (χ1) is 11.5. The number of methoxy groups -OCH3 is 1. The molecule has 6 nitrogen and oxygen atoms in total. The molecule has 0 amide bonds. The maximum atomic E-state index is 6.16. The highest BCUT2D eigenvalue weighted by molar-refractivity contribution is 6.33. The van der Waals surface area contributed by atoms with Crippen molar-refractivity contribution in [3.8, 4) is 17.1 Å². The van der Waals surface area contributed by atoms with Crippen LogP contribution in [0.1, 0.15) is 5.69 Å². The summed E-state index contributed by atoms with van der Waals surface area (Å²) >= 11 is 12.1. The lowest BCUT2D eigenvalue weighted by molar-refractivity contribution is 0.415. The highest BCUT2D eigenvalue weighted by Gasteiger charge is 2.14. The van der Waals surface area contributed by atoms with Crippen molar-refractivity contribution in [2.75, 3.05) is 7.11 Å². The molecule has 0 aliphatic rings. The van der Waals surface area contributed by atoms with Gasteiger partial charge in [0, 0.05) is 18.2 Å².